The summed E-state index contributed by atoms with van der Waals surface area (Å²) in [4.78, 5) is 29.8. The summed E-state index contributed by atoms with van der Waals surface area (Å²) >= 11 is 1.63. The van der Waals surface area contributed by atoms with E-state index in [1.807, 2.05) is 40.6 Å². The Morgan fingerprint density at radius 3 is 2.69 bits per heavy atom. The number of hydrogen-bond acceptors (Lipinski definition) is 5. The predicted molar refractivity (Wildman–Crippen MR) is 100 cm³/mol. The number of rotatable bonds is 6. The van der Waals surface area contributed by atoms with Gasteiger partial charge in [0.05, 0.1) is 17.2 Å². The molecule has 1 saturated heterocycles. The minimum absolute atomic E-state index is 0.0257. The van der Waals surface area contributed by atoms with Crippen LogP contribution >= 0.6 is 11.3 Å². The van der Waals surface area contributed by atoms with Gasteiger partial charge >= 0.3 is 0 Å². The molecule has 2 amide bonds. The molecule has 0 bridgehead atoms. The molecule has 3 rings (SSSR count). The van der Waals surface area contributed by atoms with Gasteiger partial charge < -0.3 is 15.0 Å². The number of ether oxygens (including phenoxy) is 1. The lowest BCUT2D eigenvalue weighted by atomic mass is 9.97. The Morgan fingerprint density at radius 1 is 1.27 bits per heavy atom. The Labute approximate surface area is 157 Å². The van der Waals surface area contributed by atoms with E-state index in [-0.39, 0.29) is 18.4 Å². The molecule has 26 heavy (non-hydrogen) atoms. The lowest BCUT2D eigenvalue weighted by molar-refractivity contribution is -0.134. The van der Waals surface area contributed by atoms with E-state index in [9.17, 15) is 9.59 Å². The van der Waals surface area contributed by atoms with Gasteiger partial charge in [-0.3, -0.25) is 9.59 Å². The van der Waals surface area contributed by atoms with Crippen molar-refractivity contribution in [3.05, 3.63) is 46.4 Å². The zero-order valence-corrected chi connectivity index (χ0v) is 15.6. The van der Waals surface area contributed by atoms with E-state index < -0.39 is 0 Å². The molecule has 2 heterocycles. The predicted octanol–water partition coefficient (Wildman–Crippen LogP) is 2.56. The second-order valence-electron chi connectivity index (χ2n) is 6.34. The summed E-state index contributed by atoms with van der Waals surface area (Å²) in [5, 5.41) is 5.86. The maximum atomic E-state index is 12.3. The number of amides is 2. The first-order chi connectivity index (χ1) is 12.6. The Bertz CT molecular complexity index is 739. The Morgan fingerprint density at radius 2 is 2.00 bits per heavy atom. The van der Waals surface area contributed by atoms with Crippen LogP contribution in [0.15, 0.2) is 35.7 Å². The third-order valence-electron chi connectivity index (χ3n) is 4.39. The van der Waals surface area contributed by atoms with Crippen molar-refractivity contribution < 1.29 is 14.3 Å². The minimum atomic E-state index is -0.0518. The maximum absolute atomic E-state index is 12.3. The summed E-state index contributed by atoms with van der Waals surface area (Å²) in [6.07, 6.45) is 1.81. The van der Waals surface area contributed by atoms with E-state index in [0.717, 1.165) is 36.6 Å². The van der Waals surface area contributed by atoms with Gasteiger partial charge in [-0.05, 0) is 25.0 Å². The maximum Gasteiger partial charge on any atom is 0.260 e. The van der Waals surface area contributed by atoms with E-state index in [1.165, 1.54) is 6.92 Å². The van der Waals surface area contributed by atoms with Crippen LogP contribution in [0.25, 0.3) is 0 Å². The van der Waals surface area contributed by atoms with Crippen molar-refractivity contribution in [2.45, 2.75) is 32.2 Å². The van der Waals surface area contributed by atoms with Crippen LogP contribution in [0.2, 0.25) is 0 Å². The van der Waals surface area contributed by atoms with Gasteiger partial charge in [-0.25, -0.2) is 4.98 Å². The molecule has 1 aliphatic heterocycles. The molecule has 0 spiro atoms. The zero-order valence-electron chi connectivity index (χ0n) is 14.8. The molecule has 0 radical (unpaired) electrons. The van der Waals surface area contributed by atoms with Crippen LogP contribution in [0.4, 0.5) is 0 Å². The fourth-order valence-corrected chi connectivity index (χ4v) is 3.93. The fraction of sp³-hybridized carbons (Fsp3) is 0.421. The van der Waals surface area contributed by atoms with Crippen molar-refractivity contribution in [2.75, 3.05) is 19.7 Å². The molecule has 1 fully saturated rings. The quantitative estimate of drug-likeness (QED) is 0.845. The first-order valence-corrected chi connectivity index (χ1v) is 9.64. The van der Waals surface area contributed by atoms with E-state index in [4.69, 9.17) is 4.74 Å². The Kier molecular flexibility index (Phi) is 6.22. The van der Waals surface area contributed by atoms with Gasteiger partial charge in [0.1, 0.15) is 5.75 Å². The van der Waals surface area contributed by atoms with Crippen molar-refractivity contribution >= 4 is 23.2 Å². The first kappa shape index (κ1) is 18.4. The molecule has 1 aliphatic rings. The molecule has 7 heteroatoms. The molecular weight excluding hydrogens is 350 g/mol. The molecular formula is C19H23N3O3S. The van der Waals surface area contributed by atoms with Crippen molar-refractivity contribution in [1.29, 1.82) is 0 Å². The number of thiazole rings is 1. The number of carbonyl (C=O) groups excluding carboxylic acids is 2. The summed E-state index contributed by atoms with van der Waals surface area (Å²) in [5.41, 5.74) is 0.898. The van der Waals surface area contributed by atoms with Gasteiger partial charge in [0.15, 0.2) is 6.61 Å². The molecule has 0 saturated carbocycles. The average Bonchev–Trinajstić information content (AvgIpc) is 3.14. The van der Waals surface area contributed by atoms with Crippen molar-refractivity contribution in [3.8, 4) is 5.75 Å². The summed E-state index contributed by atoms with van der Waals surface area (Å²) in [5.74, 6) is 1.07. The Balaban J connectivity index is 1.45. The average molecular weight is 373 g/mol. The summed E-state index contributed by atoms with van der Waals surface area (Å²) in [7, 11) is 0. The standard InChI is InChI=1S/C19H23N3O3S/c1-14(23)20-11-16-13-26-19(21-16)15-7-9-22(10-8-15)18(24)12-25-17-5-3-2-4-6-17/h2-6,13,15H,7-12H2,1H3,(H,20,23). The highest BCUT2D eigenvalue weighted by molar-refractivity contribution is 7.09. The van der Waals surface area contributed by atoms with Crippen LogP contribution in [0.1, 0.15) is 36.4 Å². The molecule has 2 aromatic rings. The first-order valence-electron chi connectivity index (χ1n) is 8.76. The number of para-hydroxylation sites is 1. The van der Waals surface area contributed by atoms with E-state index in [1.54, 1.807) is 11.3 Å². The molecule has 1 N–H and O–H groups in total. The molecule has 138 valence electrons. The van der Waals surface area contributed by atoms with Crippen molar-refractivity contribution in [1.82, 2.24) is 15.2 Å². The number of hydrogen-bond donors (Lipinski definition) is 1. The lowest BCUT2D eigenvalue weighted by Crippen LogP contribution is -2.40. The fourth-order valence-electron chi connectivity index (χ4n) is 2.94. The number of likely N-dealkylation sites (tertiary alicyclic amines) is 1. The van der Waals surface area contributed by atoms with Crippen molar-refractivity contribution in [3.63, 3.8) is 0 Å². The van der Waals surface area contributed by atoms with Gasteiger partial charge in [0, 0.05) is 31.3 Å². The van der Waals surface area contributed by atoms with Crippen LogP contribution in [-0.4, -0.2) is 41.4 Å². The van der Waals surface area contributed by atoms with Gasteiger partial charge in [-0.15, -0.1) is 11.3 Å². The molecule has 1 aromatic carbocycles. The topological polar surface area (TPSA) is 71.5 Å². The highest BCUT2D eigenvalue weighted by Crippen LogP contribution is 2.30. The number of carbonyl (C=O) groups is 2. The van der Waals surface area contributed by atoms with Crippen LogP contribution in [-0.2, 0) is 16.1 Å². The van der Waals surface area contributed by atoms with Gasteiger partial charge in [0.25, 0.3) is 5.91 Å². The highest BCUT2D eigenvalue weighted by Gasteiger charge is 2.25. The summed E-state index contributed by atoms with van der Waals surface area (Å²) in [6.45, 7) is 3.50. The number of piperidine rings is 1. The number of nitrogens with zero attached hydrogens (tertiary/aromatic N) is 2. The highest BCUT2D eigenvalue weighted by atomic mass is 32.1. The molecule has 0 aliphatic carbocycles. The number of benzene rings is 1. The van der Waals surface area contributed by atoms with Crippen LogP contribution in [0.5, 0.6) is 5.75 Å². The third-order valence-corrected chi connectivity index (χ3v) is 5.45. The molecule has 0 unspecified atom stereocenters. The second-order valence-corrected chi connectivity index (χ2v) is 7.23. The van der Waals surface area contributed by atoms with Gasteiger partial charge in [-0.2, -0.15) is 0 Å². The normalized spacial score (nSPS) is 14.9. The molecule has 0 atom stereocenters. The summed E-state index contributed by atoms with van der Waals surface area (Å²) in [6, 6.07) is 9.39. The zero-order chi connectivity index (χ0) is 18.4. The second kappa shape index (κ2) is 8.80. The lowest BCUT2D eigenvalue weighted by Gasteiger charge is -2.31. The van der Waals surface area contributed by atoms with Gasteiger partial charge in [0.2, 0.25) is 5.91 Å². The van der Waals surface area contributed by atoms with Crippen molar-refractivity contribution in [2.24, 2.45) is 0 Å². The van der Waals surface area contributed by atoms with Crippen LogP contribution in [0.3, 0.4) is 0 Å². The van der Waals surface area contributed by atoms with Gasteiger partial charge in [-0.1, -0.05) is 18.2 Å². The monoisotopic (exact) mass is 373 g/mol. The summed E-state index contributed by atoms with van der Waals surface area (Å²) < 4.78 is 5.55. The molecule has 1 aromatic heterocycles. The van der Waals surface area contributed by atoms with E-state index in [0.29, 0.717) is 18.2 Å². The third kappa shape index (κ3) is 5.05. The molecule has 6 nitrogen and oxygen atoms in total. The van der Waals surface area contributed by atoms with Crippen LogP contribution < -0.4 is 10.1 Å². The Hall–Kier alpha value is -2.41. The minimum Gasteiger partial charge on any atom is -0.484 e. The number of aromatic nitrogens is 1. The smallest absolute Gasteiger partial charge is 0.260 e. The largest absolute Gasteiger partial charge is 0.484 e. The SMILES string of the molecule is CC(=O)NCc1csc(C2CCN(C(=O)COc3ccccc3)CC2)n1. The van der Waals surface area contributed by atoms with Crippen LogP contribution in [0, 0.1) is 0 Å². The van der Waals surface area contributed by atoms with E-state index in [2.05, 4.69) is 10.3 Å². The number of nitrogens with one attached hydrogen (secondary N) is 1. The van der Waals surface area contributed by atoms with E-state index >= 15 is 0 Å².